The summed E-state index contributed by atoms with van der Waals surface area (Å²) in [5, 5.41) is 3.20. The van der Waals surface area contributed by atoms with Gasteiger partial charge in [-0.15, -0.1) is 0 Å². The van der Waals surface area contributed by atoms with E-state index < -0.39 is 0 Å². The molecule has 1 rings (SSSR count). The van der Waals surface area contributed by atoms with Crippen LogP contribution < -0.4 is 11.1 Å². The monoisotopic (exact) mass is 290 g/mol. The van der Waals surface area contributed by atoms with Crippen molar-refractivity contribution in [3.63, 3.8) is 0 Å². The van der Waals surface area contributed by atoms with Gasteiger partial charge in [-0.25, -0.2) is 0 Å². The minimum atomic E-state index is 0.0358. The van der Waals surface area contributed by atoms with E-state index in [1.807, 2.05) is 32.0 Å². The molecule has 0 aliphatic rings. The number of carbonyl (C=O) groups excluding carboxylic acids is 1. The van der Waals surface area contributed by atoms with E-state index in [0.717, 1.165) is 19.3 Å². The van der Waals surface area contributed by atoms with Crippen LogP contribution in [0, 0.1) is 11.8 Å². The Bertz CT molecular complexity index is 414. The van der Waals surface area contributed by atoms with E-state index in [0.29, 0.717) is 5.92 Å². The Kier molecular flexibility index (Phi) is 7.44. The largest absolute Gasteiger partial charge is 0.349 e. The summed E-state index contributed by atoms with van der Waals surface area (Å²) in [7, 11) is 0. The molecule has 1 amide bonds. The van der Waals surface area contributed by atoms with Crippen molar-refractivity contribution in [1.82, 2.24) is 5.32 Å². The van der Waals surface area contributed by atoms with Crippen molar-refractivity contribution in [1.29, 1.82) is 0 Å². The van der Waals surface area contributed by atoms with Crippen LogP contribution in [-0.4, -0.2) is 11.9 Å². The lowest BCUT2D eigenvalue weighted by atomic mass is 9.94. The summed E-state index contributed by atoms with van der Waals surface area (Å²) in [6.45, 7) is 8.28. The van der Waals surface area contributed by atoms with Crippen molar-refractivity contribution in [2.75, 3.05) is 0 Å². The maximum Gasteiger partial charge on any atom is 0.223 e. The molecule has 0 aliphatic heterocycles. The molecule has 0 saturated carbocycles. The smallest absolute Gasteiger partial charge is 0.223 e. The summed E-state index contributed by atoms with van der Waals surface area (Å²) < 4.78 is 0. The van der Waals surface area contributed by atoms with Crippen molar-refractivity contribution in [2.24, 2.45) is 17.6 Å². The van der Waals surface area contributed by atoms with Crippen molar-refractivity contribution in [2.45, 2.75) is 59.0 Å². The molecular formula is C18H30N2O. The fourth-order valence-corrected chi connectivity index (χ4v) is 2.47. The molecule has 0 heterocycles. The standard InChI is InChI=1S/C18H30N2O/c1-13(2)17(16-11-6-5-7-12-16)20-18(21)14(3)9-8-10-15(4)19/h5-7,11-15,17H,8-10,19H2,1-4H3,(H,20,21). The molecule has 118 valence electrons. The summed E-state index contributed by atoms with van der Waals surface area (Å²) in [4.78, 5) is 12.4. The Labute approximate surface area is 129 Å². The van der Waals surface area contributed by atoms with Crippen LogP contribution in [0.1, 0.15) is 58.6 Å². The summed E-state index contributed by atoms with van der Waals surface area (Å²) in [6.07, 6.45) is 2.88. The van der Waals surface area contributed by atoms with Crippen molar-refractivity contribution < 1.29 is 4.79 Å². The number of hydrogen-bond acceptors (Lipinski definition) is 2. The van der Waals surface area contributed by atoms with Crippen LogP contribution in [0.2, 0.25) is 0 Å². The van der Waals surface area contributed by atoms with E-state index in [-0.39, 0.29) is 23.9 Å². The Morgan fingerprint density at radius 2 is 1.71 bits per heavy atom. The van der Waals surface area contributed by atoms with E-state index in [2.05, 4.69) is 31.3 Å². The van der Waals surface area contributed by atoms with Gasteiger partial charge in [-0.05, 0) is 31.2 Å². The third-order valence-corrected chi connectivity index (χ3v) is 3.87. The van der Waals surface area contributed by atoms with Gasteiger partial charge < -0.3 is 11.1 Å². The molecule has 3 atom stereocenters. The van der Waals surface area contributed by atoms with Gasteiger partial charge >= 0.3 is 0 Å². The van der Waals surface area contributed by atoms with E-state index in [9.17, 15) is 4.79 Å². The molecule has 3 heteroatoms. The van der Waals surface area contributed by atoms with E-state index in [4.69, 9.17) is 5.73 Å². The Morgan fingerprint density at radius 3 is 2.24 bits per heavy atom. The topological polar surface area (TPSA) is 55.1 Å². The number of hydrogen-bond donors (Lipinski definition) is 2. The second kappa shape index (κ2) is 8.83. The lowest BCUT2D eigenvalue weighted by Crippen LogP contribution is -2.35. The zero-order valence-corrected chi connectivity index (χ0v) is 13.8. The van der Waals surface area contributed by atoms with Gasteiger partial charge in [0.15, 0.2) is 0 Å². The molecule has 3 nitrogen and oxygen atoms in total. The lowest BCUT2D eigenvalue weighted by Gasteiger charge is -2.25. The predicted molar refractivity (Wildman–Crippen MR) is 88.8 cm³/mol. The van der Waals surface area contributed by atoms with Crippen LogP contribution in [0.15, 0.2) is 30.3 Å². The van der Waals surface area contributed by atoms with Crippen LogP contribution in [0.3, 0.4) is 0 Å². The fourth-order valence-electron chi connectivity index (χ4n) is 2.47. The maximum absolute atomic E-state index is 12.4. The van der Waals surface area contributed by atoms with Crippen LogP contribution in [0.4, 0.5) is 0 Å². The summed E-state index contributed by atoms with van der Waals surface area (Å²) >= 11 is 0. The second-order valence-electron chi connectivity index (χ2n) is 6.45. The molecule has 0 aromatic heterocycles. The highest BCUT2D eigenvalue weighted by molar-refractivity contribution is 5.78. The average Bonchev–Trinajstić information content (AvgIpc) is 2.44. The van der Waals surface area contributed by atoms with Crippen LogP contribution in [0.25, 0.3) is 0 Å². The van der Waals surface area contributed by atoms with Gasteiger partial charge in [0.05, 0.1) is 6.04 Å². The Hall–Kier alpha value is -1.35. The first kappa shape index (κ1) is 17.7. The fraction of sp³-hybridized carbons (Fsp3) is 0.611. The van der Waals surface area contributed by atoms with Crippen molar-refractivity contribution in [3.05, 3.63) is 35.9 Å². The van der Waals surface area contributed by atoms with Gasteiger partial charge in [-0.2, -0.15) is 0 Å². The quantitative estimate of drug-likeness (QED) is 0.767. The number of amides is 1. The third kappa shape index (κ3) is 6.30. The zero-order valence-electron chi connectivity index (χ0n) is 13.8. The van der Waals surface area contributed by atoms with E-state index in [1.165, 1.54) is 5.56 Å². The number of nitrogens with one attached hydrogen (secondary N) is 1. The van der Waals surface area contributed by atoms with Crippen LogP contribution in [-0.2, 0) is 4.79 Å². The molecule has 0 bridgehead atoms. The summed E-state index contributed by atoms with van der Waals surface area (Å²) in [6, 6.07) is 10.5. The van der Waals surface area contributed by atoms with Crippen LogP contribution in [0.5, 0.6) is 0 Å². The molecule has 0 saturated heterocycles. The maximum atomic E-state index is 12.4. The summed E-state index contributed by atoms with van der Waals surface area (Å²) in [5.41, 5.74) is 6.92. The highest BCUT2D eigenvalue weighted by Crippen LogP contribution is 2.22. The zero-order chi connectivity index (χ0) is 15.8. The minimum absolute atomic E-state index is 0.0358. The first-order valence-electron chi connectivity index (χ1n) is 8.02. The average molecular weight is 290 g/mol. The molecule has 1 aromatic carbocycles. The molecule has 3 unspecified atom stereocenters. The first-order valence-corrected chi connectivity index (χ1v) is 8.02. The highest BCUT2D eigenvalue weighted by Gasteiger charge is 2.21. The van der Waals surface area contributed by atoms with E-state index in [1.54, 1.807) is 0 Å². The van der Waals surface area contributed by atoms with Gasteiger partial charge in [0.25, 0.3) is 0 Å². The Balaban J connectivity index is 2.57. The van der Waals surface area contributed by atoms with Gasteiger partial charge in [-0.1, -0.05) is 57.5 Å². The van der Waals surface area contributed by atoms with Crippen molar-refractivity contribution in [3.8, 4) is 0 Å². The molecule has 0 aliphatic carbocycles. The number of nitrogens with two attached hydrogens (primary N) is 1. The molecule has 1 aromatic rings. The molecule has 0 radical (unpaired) electrons. The number of carbonyl (C=O) groups is 1. The second-order valence-corrected chi connectivity index (χ2v) is 6.45. The van der Waals surface area contributed by atoms with Gasteiger partial charge in [0.2, 0.25) is 5.91 Å². The Morgan fingerprint density at radius 1 is 1.10 bits per heavy atom. The SMILES string of the molecule is CC(N)CCCC(C)C(=O)NC(c1ccccc1)C(C)C. The number of rotatable bonds is 8. The molecule has 0 spiro atoms. The lowest BCUT2D eigenvalue weighted by molar-refractivity contribution is -0.125. The van der Waals surface area contributed by atoms with Crippen LogP contribution >= 0.6 is 0 Å². The van der Waals surface area contributed by atoms with Gasteiger partial charge in [0, 0.05) is 12.0 Å². The van der Waals surface area contributed by atoms with Crippen molar-refractivity contribution >= 4 is 5.91 Å². The normalized spacial score (nSPS) is 15.5. The predicted octanol–water partition coefficient (Wildman–Crippen LogP) is 3.65. The minimum Gasteiger partial charge on any atom is -0.349 e. The van der Waals surface area contributed by atoms with Gasteiger partial charge in [-0.3, -0.25) is 4.79 Å². The summed E-state index contributed by atoms with van der Waals surface area (Å²) in [5.74, 6) is 0.545. The third-order valence-electron chi connectivity index (χ3n) is 3.87. The first-order chi connectivity index (χ1) is 9.91. The van der Waals surface area contributed by atoms with Gasteiger partial charge in [0.1, 0.15) is 0 Å². The number of benzene rings is 1. The highest BCUT2D eigenvalue weighted by atomic mass is 16.1. The molecule has 3 N–H and O–H groups in total. The molecule has 0 fully saturated rings. The molecule has 21 heavy (non-hydrogen) atoms. The molecular weight excluding hydrogens is 260 g/mol. The van der Waals surface area contributed by atoms with E-state index >= 15 is 0 Å².